The highest BCUT2D eigenvalue weighted by molar-refractivity contribution is 5.37. The first-order valence-electron chi connectivity index (χ1n) is 13.3. The molecule has 1 heteroatoms. The topological polar surface area (TPSA) is 12.0 Å². The van der Waals surface area contributed by atoms with Gasteiger partial charge in [0.05, 0.1) is 6.04 Å². The first-order valence-corrected chi connectivity index (χ1v) is 13.3. The Kier molecular flexibility index (Phi) is 15.8. The van der Waals surface area contributed by atoms with Gasteiger partial charge in [-0.2, -0.15) is 0 Å². The highest BCUT2D eigenvalue weighted by Crippen LogP contribution is 2.23. The summed E-state index contributed by atoms with van der Waals surface area (Å²) in [4.78, 5) is 0. The van der Waals surface area contributed by atoms with Crippen molar-refractivity contribution in [3.05, 3.63) is 168 Å². The van der Waals surface area contributed by atoms with Crippen LogP contribution in [0.5, 0.6) is 0 Å². The first kappa shape index (κ1) is 32.3. The van der Waals surface area contributed by atoms with Crippen molar-refractivity contribution in [1.82, 2.24) is 5.32 Å². The van der Waals surface area contributed by atoms with Crippen LogP contribution in [0.1, 0.15) is 59.7 Å². The number of allylic oxidation sites excluding steroid dienone is 6. The van der Waals surface area contributed by atoms with Gasteiger partial charge in [0.15, 0.2) is 0 Å². The highest BCUT2D eigenvalue weighted by atomic mass is 14.9. The van der Waals surface area contributed by atoms with E-state index in [0.717, 1.165) is 24.8 Å². The lowest BCUT2D eigenvalue weighted by Crippen LogP contribution is -2.17. The molecule has 3 rings (SSSR count). The second-order valence-electron chi connectivity index (χ2n) is 9.28. The number of rotatable bonds is 10. The maximum absolute atomic E-state index is 4.05. The molecule has 0 radical (unpaired) electrons. The van der Waals surface area contributed by atoms with Gasteiger partial charge in [-0.15, -0.1) is 19.7 Å². The second-order valence-corrected chi connectivity index (χ2v) is 9.28. The van der Waals surface area contributed by atoms with Crippen LogP contribution in [0, 0.1) is 13.8 Å². The minimum absolute atomic E-state index is 0.274. The van der Waals surface area contributed by atoms with Crippen LogP contribution in [0.4, 0.5) is 0 Å². The van der Waals surface area contributed by atoms with Gasteiger partial charge in [0.1, 0.15) is 0 Å². The van der Waals surface area contributed by atoms with E-state index in [0.29, 0.717) is 0 Å². The average Bonchev–Trinajstić information content (AvgIpc) is 2.94. The third-order valence-electron chi connectivity index (χ3n) is 6.41. The van der Waals surface area contributed by atoms with Gasteiger partial charge in [0.25, 0.3) is 0 Å². The normalized spacial score (nSPS) is 11.6. The lowest BCUT2D eigenvalue weighted by Gasteiger charge is -2.18. The average molecular weight is 506 g/mol. The monoisotopic (exact) mass is 505 g/mol. The van der Waals surface area contributed by atoms with Crippen molar-refractivity contribution in [1.29, 1.82) is 0 Å². The summed E-state index contributed by atoms with van der Waals surface area (Å²) < 4.78 is 0. The predicted molar refractivity (Wildman–Crippen MR) is 171 cm³/mol. The molecule has 1 N–H and O–H groups in total. The van der Waals surface area contributed by atoms with Crippen LogP contribution < -0.4 is 5.32 Å². The summed E-state index contributed by atoms with van der Waals surface area (Å²) in [6, 6.07) is 26.3. The molecule has 0 amide bonds. The third-order valence-corrected chi connectivity index (χ3v) is 6.41. The molecular formula is C37H47N. The van der Waals surface area contributed by atoms with Crippen LogP contribution in [-0.4, -0.2) is 7.05 Å². The molecule has 0 heterocycles. The van der Waals surface area contributed by atoms with E-state index < -0.39 is 0 Å². The number of hydrogen-bond donors (Lipinski definition) is 1. The van der Waals surface area contributed by atoms with Crippen molar-refractivity contribution in [3.8, 4) is 0 Å². The molecule has 0 aliphatic heterocycles. The van der Waals surface area contributed by atoms with Crippen molar-refractivity contribution < 1.29 is 0 Å². The summed E-state index contributed by atoms with van der Waals surface area (Å²) >= 11 is 0. The third kappa shape index (κ3) is 11.2. The Morgan fingerprint density at radius 1 is 0.868 bits per heavy atom. The molecule has 0 aliphatic carbocycles. The molecule has 0 saturated carbocycles. The zero-order chi connectivity index (χ0) is 28.3. The Bertz CT molecular complexity index is 1160. The quantitative estimate of drug-likeness (QED) is 0.213. The fraction of sp³-hybridized carbons (Fsp3) is 0.243. The van der Waals surface area contributed by atoms with E-state index in [-0.39, 0.29) is 6.04 Å². The van der Waals surface area contributed by atoms with E-state index in [1.54, 1.807) is 0 Å². The maximum atomic E-state index is 4.05. The number of hydrogen-bond acceptors (Lipinski definition) is 1. The molecule has 3 aromatic carbocycles. The van der Waals surface area contributed by atoms with Gasteiger partial charge in [-0.1, -0.05) is 109 Å². The molecule has 0 aromatic heterocycles. The molecule has 3 aromatic rings. The largest absolute Gasteiger partial charge is 0.309 e. The molecule has 0 saturated heterocycles. The van der Waals surface area contributed by atoms with Crippen LogP contribution in [0.2, 0.25) is 0 Å². The van der Waals surface area contributed by atoms with Gasteiger partial charge < -0.3 is 5.32 Å². The van der Waals surface area contributed by atoms with Gasteiger partial charge >= 0.3 is 0 Å². The van der Waals surface area contributed by atoms with Gasteiger partial charge in [0, 0.05) is 0 Å². The molecule has 1 unspecified atom stereocenters. The zero-order valence-electron chi connectivity index (χ0n) is 24.3. The number of benzene rings is 3. The Labute approximate surface area is 233 Å². The van der Waals surface area contributed by atoms with E-state index in [4.69, 9.17) is 0 Å². The Morgan fingerprint density at radius 2 is 1.50 bits per heavy atom. The minimum Gasteiger partial charge on any atom is -0.309 e. The van der Waals surface area contributed by atoms with Crippen LogP contribution in [-0.2, 0) is 12.8 Å². The number of nitrogens with one attached hydrogen (secondary N) is 1. The fourth-order valence-corrected chi connectivity index (χ4v) is 4.05. The van der Waals surface area contributed by atoms with Gasteiger partial charge in [-0.3, -0.25) is 0 Å². The standard InChI is InChI=1S/C19H24.C16H19N.C2H4/c1-5-7-9-19(16(3)4)15-14-18-12-10-17(8-6-2)11-13-18;1-12-9-10-15(11-13(12)2)16(17-3)14-7-5-4-6-8-14;1-2/h5-7,9-13H,2-3,8,14-15H2,1,4H3;4-11,16-17H,1-3H3;1-2H2/b7-5-,19-9-;;. The summed E-state index contributed by atoms with van der Waals surface area (Å²) in [5, 5.41) is 3.38. The molecule has 38 heavy (non-hydrogen) atoms. The molecular weight excluding hydrogens is 458 g/mol. The lowest BCUT2D eigenvalue weighted by atomic mass is 9.96. The molecule has 1 nitrogen and oxygen atoms in total. The van der Waals surface area contributed by atoms with E-state index in [2.05, 4.69) is 137 Å². The Hall–Kier alpha value is -3.68. The summed E-state index contributed by atoms with van der Waals surface area (Å²) in [7, 11) is 2.01. The fourth-order valence-electron chi connectivity index (χ4n) is 4.05. The maximum Gasteiger partial charge on any atom is 0.0574 e. The predicted octanol–water partition coefficient (Wildman–Crippen LogP) is 9.84. The molecule has 0 fully saturated rings. The van der Waals surface area contributed by atoms with E-state index in [1.165, 1.54) is 39.0 Å². The van der Waals surface area contributed by atoms with Crippen molar-refractivity contribution in [2.45, 2.75) is 53.0 Å². The molecule has 1 atom stereocenters. The van der Waals surface area contributed by atoms with Crippen molar-refractivity contribution in [2.75, 3.05) is 7.05 Å². The highest BCUT2D eigenvalue weighted by Gasteiger charge is 2.11. The first-order chi connectivity index (χ1) is 18.4. The Balaban J connectivity index is 0.000000358. The van der Waals surface area contributed by atoms with E-state index in [1.807, 2.05) is 26.1 Å². The molecule has 200 valence electrons. The zero-order valence-corrected chi connectivity index (χ0v) is 24.3. The minimum atomic E-state index is 0.274. The van der Waals surface area contributed by atoms with Crippen molar-refractivity contribution in [3.63, 3.8) is 0 Å². The molecule has 0 bridgehead atoms. The van der Waals surface area contributed by atoms with Crippen LogP contribution in [0.25, 0.3) is 0 Å². The smallest absolute Gasteiger partial charge is 0.0574 e. The SMILES string of the molecule is C=C.C=CCc1ccc(CC/C(=C/C=C\C)C(=C)C)cc1.CNC(c1ccccc1)c1ccc(C)c(C)c1. The van der Waals surface area contributed by atoms with Crippen molar-refractivity contribution in [2.24, 2.45) is 0 Å². The van der Waals surface area contributed by atoms with Crippen LogP contribution >= 0.6 is 0 Å². The van der Waals surface area contributed by atoms with Gasteiger partial charge in [-0.25, -0.2) is 0 Å². The van der Waals surface area contributed by atoms with Crippen LogP contribution in [0.3, 0.4) is 0 Å². The van der Waals surface area contributed by atoms with Gasteiger partial charge in [0.2, 0.25) is 0 Å². The van der Waals surface area contributed by atoms with Crippen LogP contribution in [0.15, 0.2) is 135 Å². The summed E-state index contributed by atoms with van der Waals surface area (Å²) in [6.07, 6.45) is 11.3. The summed E-state index contributed by atoms with van der Waals surface area (Å²) in [6.45, 7) is 22.2. The number of aryl methyl sites for hydroxylation is 3. The second kappa shape index (κ2) is 18.5. The summed E-state index contributed by atoms with van der Waals surface area (Å²) in [5.41, 5.74) is 10.5. The molecule has 0 aliphatic rings. The van der Waals surface area contributed by atoms with E-state index in [9.17, 15) is 0 Å². The molecule has 0 spiro atoms. The van der Waals surface area contributed by atoms with Gasteiger partial charge in [-0.05, 0) is 93.0 Å². The Morgan fingerprint density at radius 3 is 2.03 bits per heavy atom. The van der Waals surface area contributed by atoms with Crippen molar-refractivity contribution >= 4 is 0 Å². The van der Waals surface area contributed by atoms with E-state index >= 15 is 0 Å². The summed E-state index contributed by atoms with van der Waals surface area (Å²) in [5.74, 6) is 0. The lowest BCUT2D eigenvalue weighted by molar-refractivity contribution is 0.691.